The van der Waals surface area contributed by atoms with E-state index in [1.807, 2.05) is 0 Å². The highest BCUT2D eigenvalue weighted by Gasteiger charge is 2.37. The Kier molecular flexibility index (Phi) is 4.42. The Morgan fingerprint density at radius 2 is 2.19 bits per heavy atom. The van der Waals surface area contributed by atoms with Crippen LogP contribution in [0.5, 0.6) is 0 Å². The van der Waals surface area contributed by atoms with Gasteiger partial charge >= 0.3 is 0 Å². The molecule has 0 heterocycles. The lowest BCUT2D eigenvalue weighted by Gasteiger charge is -2.40. The first-order chi connectivity index (χ1) is 10.0. The number of ether oxygens (including phenoxy) is 1. The average molecular weight is 293 g/mol. The van der Waals surface area contributed by atoms with E-state index in [1.54, 1.807) is 20.2 Å². The molecule has 0 aliphatic heterocycles. The predicted molar refractivity (Wildman–Crippen MR) is 78.6 cm³/mol. The summed E-state index contributed by atoms with van der Waals surface area (Å²) in [6.07, 6.45) is 2.93. The van der Waals surface area contributed by atoms with Crippen molar-refractivity contribution in [1.82, 2.24) is 5.32 Å². The van der Waals surface area contributed by atoms with E-state index in [9.17, 15) is 14.9 Å². The third-order valence-corrected chi connectivity index (χ3v) is 3.99. The number of carbonyl (C=O) groups is 1. The van der Waals surface area contributed by atoms with Crippen LogP contribution < -0.4 is 10.6 Å². The van der Waals surface area contributed by atoms with Gasteiger partial charge in [0, 0.05) is 32.3 Å². The molecule has 114 valence electrons. The summed E-state index contributed by atoms with van der Waals surface area (Å²) in [5.74, 6) is -0.330. The zero-order valence-electron chi connectivity index (χ0n) is 12.1. The van der Waals surface area contributed by atoms with E-state index < -0.39 is 4.92 Å². The van der Waals surface area contributed by atoms with Crippen LogP contribution in [0.15, 0.2) is 18.2 Å². The molecular formula is C14H19N3O4. The van der Waals surface area contributed by atoms with Crippen LogP contribution in [0.2, 0.25) is 0 Å². The second-order valence-corrected chi connectivity index (χ2v) is 5.16. The second-order valence-electron chi connectivity index (χ2n) is 5.16. The fraction of sp³-hybridized carbons (Fsp3) is 0.500. The van der Waals surface area contributed by atoms with Crippen LogP contribution in [0.4, 0.5) is 11.4 Å². The van der Waals surface area contributed by atoms with Gasteiger partial charge in [-0.25, -0.2) is 0 Å². The number of hydrogen-bond donors (Lipinski definition) is 2. The number of methoxy groups -OCH3 is 1. The smallest absolute Gasteiger partial charge is 0.293 e. The van der Waals surface area contributed by atoms with Crippen molar-refractivity contribution in [2.75, 3.05) is 26.0 Å². The van der Waals surface area contributed by atoms with Crippen LogP contribution in [0.25, 0.3) is 0 Å². The quantitative estimate of drug-likeness (QED) is 0.617. The Morgan fingerprint density at radius 3 is 2.67 bits per heavy atom. The molecule has 1 fully saturated rings. The number of rotatable bonds is 6. The van der Waals surface area contributed by atoms with E-state index in [2.05, 4.69) is 10.6 Å². The summed E-state index contributed by atoms with van der Waals surface area (Å²) in [6.45, 7) is 0.421. The highest BCUT2D eigenvalue weighted by atomic mass is 16.6. The van der Waals surface area contributed by atoms with E-state index >= 15 is 0 Å². The molecule has 0 saturated heterocycles. The Morgan fingerprint density at radius 1 is 1.48 bits per heavy atom. The Hall–Kier alpha value is -2.15. The third kappa shape index (κ3) is 3.13. The molecule has 1 aliphatic rings. The maximum Gasteiger partial charge on any atom is 0.293 e. The first-order valence-corrected chi connectivity index (χ1v) is 6.81. The van der Waals surface area contributed by atoms with Crippen LogP contribution in [0.3, 0.4) is 0 Å². The lowest BCUT2D eigenvalue weighted by molar-refractivity contribution is -0.384. The minimum absolute atomic E-state index is 0.116. The van der Waals surface area contributed by atoms with Crippen LogP contribution in [0.1, 0.15) is 29.6 Å². The summed E-state index contributed by atoms with van der Waals surface area (Å²) >= 11 is 0. The lowest BCUT2D eigenvalue weighted by atomic mass is 9.80. The van der Waals surface area contributed by atoms with Gasteiger partial charge in [-0.1, -0.05) is 0 Å². The zero-order chi connectivity index (χ0) is 15.5. The van der Waals surface area contributed by atoms with Crippen molar-refractivity contribution >= 4 is 17.3 Å². The molecule has 21 heavy (non-hydrogen) atoms. The van der Waals surface area contributed by atoms with E-state index in [4.69, 9.17) is 4.74 Å². The molecule has 0 atom stereocenters. The van der Waals surface area contributed by atoms with Gasteiger partial charge in [-0.2, -0.15) is 0 Å². The Labute approximate surface area is 122 Å². The minimum Gasteiger partial charge on any atom is -0.383 e. The van der Waals surface area contributed by atoms with Gasteiger partial charge < -0.3 is 15.4 Å². The number of benzene rings is 1. The molecule has 0 aromatic heterocycles. The largest absolute Gasteiger partial charge is 0.383 e. The van der Waals surface area contributed by atoms with Gasteiger partial charge in [0.1, 0.15) is 5.69 Å². The van der Waals surface area contributed by atoms with Crippen molar-refractivity contribution < 1.29 is 14.5 Å². The molecule has 0 radical (unpaired) electrons. The molecule has 7 nitrogen and oxygen atoms in total. The van der Waals surface area contributed by atoms with Crippen molar-refractivity contribution in [2.24, 2.45) is 0 Å². The molecule has 0 spiro atoms. The van der Waals surface area contributed by atoms with Crippen LogP contribution in [-0.4, -0.2) is 37.1 Å². The number of nitrogens with zero attached hydrogens (tertiary/aromatic N) is 1. The number of nitro groups is 1. The third-order valence-electron chi connectivity index (χ3n) is 3.99. The zero-order valence-corrected chi connectivity index (χ0v) is 12.1. The number of hydrogen-bond acceptors (Lipinski definition) is 5. The van der Waals surface area contributed by atoms with Crippen molar-refractivity contribution in [1.29, 1.82) is 0 Å². The fourth-order valence-corrected chi connectivity index (χ4v) is 2.40. The van der Waals surface area contributed by atoms with Crippen LogP contribution >= 0.6 is 0 Å². The summed E-state index contributed by atoms with van der Waals surface area (Å²) in [6, 6.07) is 4.37. The van der Waals surface area contributed by atoms with E-state index in [0.29, 0.717) is 12.2 Å². The van der Waals surface area contributed by atoms with Gasteiger partial charge in [-0.3, -0.25) is 14.9 Å². The van der Waals surface area contributed by atoms with Crippen molar-refractivity contribution in [3.8, 4) is 0 Å². The summed E-state index contributed by atoms with van der Waals surface area (Å²) in [5.41, 5.74) is 0.261. The molecule has 0 unspecified atom stereocenters. The molecule has 7 heteroatoms. The Balaban J connectivity index is 2.09. The maximum atomic E-state index is 12.1. The molecular weight excluding hydrogens is 274 g/mol. The van der Waals surface area contributed by atoms with Crippen molar-refractivity contribution in [2.45, 2.75) is 24.9 Å². The summed E-state index contributed by atoms with van der Waals surface area (Å²) in [4.78, 5) is 22.6. The summed E-state index contributed by atoms with van der Waals surface area (Å²) in [7, 11) is 3.24. The van der Waals surface area contributed by atoms with E-state index in [-0.39, 0.29) is 22.8 Å². The number of nitrogens with one attached hydrogen (secondary N) is 2. The number of amides is 1. The van der Waals surface area contributed by atoms with Crippen LogP contribution in [0, 0.1) is 10.1 Å². The lowest BCUT2D eigenvalue weighted by Crippen LogP contribution is -2.49. The number of nitro benzene ring substituents is 1. The monoisotopic (exact) mass is 293 g/mol. The van der Waals surface area contributed by atoms with E-state index in [0.717, 1.165) is 19.3 Å². The molecule has 0 bridgehead atoms. The number of anilines is 1. The summed E-state index contributed by atoms with van der Waals surface area (Å²) < 4.78 is 5.43. The maximum absolute atomic E-state index is 12.1. The van der Waals surface area contributed by atoms with Gasteiger partial charge in [0.05, 0.1) is 10.5 Å². The Bertz CT molecular complexity index is 550. The highest BCUT2D eigenvalue weighted by molar-refractivity contribution is 5.95. The first kappa shape index (κ1) is 15.2. The molecule has 1 amide bonds. The van der Waals surface area contributed by atoms with Crippen molar-refractivity contribution in [3.05, 3.63) is 33.9 Å². The normalized spacial score (nSPS) is 15.9. The molecule has 2 N–H and O–H groups in total. The highest BCUT2D eigenvalue weighted by Crippen LogP contribution is 2.34. The van der Waals surface area contributed by atoms with Gasteiger partial charge in [0.15, 0.2) is 0 Å². The van der Waals surface area contributed by atoms with Crippen molar-refractivity contribution in [3.63, 3.8) is 0 Å². The second kappa shape index (κ2) is 6.09. The molecule has 1 aromatic carbocycles. The van der Waals surface area contributed by atoms with Gasteiger partial charge in [0.25, 0.3) is 11.6 Å². The topological polar surface area (TPSA) is 93.5 Å². The summed E-state index contributed by atoms with van der Waals surface area (Å²) in [5, 5.41) is 16.5. The molecule has 1 aromatic rings. The molecule has 1 aliphatic carbocycles. The first-order valence-electron chi connectivity index (χ1n) is 6.81. The molecule has 2 rings (SSSR count). The molecule has 1 saturated carbocycles. The number of carbonyl (C=O) groups excluding carboxylic acids is 1. The van der Waals surface area contributed by atoms with Crippen LogP contribution in [-0.2, 0) is 4.74 Å². The SMILES string of the molecule is CNc1ccc(C(=O)NCC2(OC)CCC2)cc1[N+](=O)[O-]. The van der Waals surface area contributed by atoms with E-state index in [1.165, 1.54) is 12.1 Å². The standard InChI is InChI=1S/C14H19N3O4/c1-15-11-5-4-10(8-12(11)17(19)20)13(18)16-9-14(21-2)6-3-7-14/h4-5,8,15H,3,6-7,9H2,1-2H3,(H,16,18). The van der Waals surface area contributed by atoms with Gasteiger partial charge in [0.2, 0.25) is 0 Å². The predicted octanol–water partition coefficient (Wildman–Crippen LogP) is 1.94. The average Bonchev–Trinajstić information content (AvgIpc) is 2.45. The van der Waals surface area contributed by atoms with Gasteiger partial charge in [-0.05, 0) is 31.4 Å². The van der Waals surface area contributed by atoms with Gasteiger partial charge in [-0.15, -0.1) is 0 Å². The fourth-order valence-electron chi connectivity index (χ4n) is 2.40. The minimum atomic E-state index is -0.509.